The highest BCUT2D eigenvalue weighted by Gasteiger charge is 2.26. The van der Waals surface area contributed by atoms with Crippen LogP contribution in [-0.4, -0.2) is 24.6 Å². The minimum atomic E-state index is 0.408. The Balaban J connectivity index is 2.15. The third-order valence-corrected chi connectivity index (χ3v) is 10.7. The average Bonchev–Trinajstić information content (AvgIpc) is 2.07. The number of hydrogen-bond donors (Lipinski definition) is 0. The number of hydrogen-bond acceptors (Lipinski definition) is 0. The van der Waals surface area contributed by atoms with Gasteiger partial charge in [-0.1, -0.05) is 38.5 Å². The van der Waals surface area contributed by atoms with Crippen molar-refractivity contribution >= 4 is 15.2 Å². The fourth-order valence-electron chi connectivity index (χ4n) is 1.77. The Morgan fingerprint density at radius 2 is 1.33 bits per heavy atom. The van der Waals surface area contributed by atoms with Gasteiger partial charge in [-0.05, 0) is 38.5 Å². The molecule has 2 rings (SSSR count). The zero-order chi connectivity index (χ0) is 8.55. The summed E-state index contributed by atoms with van der Waals surface area (Å²) in [6.45, 7) is 4.67. The summed E-state index contributed by atoms with van der Waals surface area (Å²) >= 11 is 0. The molecule has 0 aromatic carbocycles. The van der Waals surface area contributed by atoms with Crippen molar-refractivity contribution in [1.29, 1.82) is 0 Å². The lowest BCUT2D eigenvalue weighted by Crippen LogP contribution is -2.06. The van der Waals surface area contributed by atoms with Crippen LogP contribution in [0.4, 0.5) is 0 Å². The summed E-state index contributed by atoms with van der Waals surface area (Å²) in [7, 11) is 0.816. The molecule has 66 valence electrons. The van der Waals surface area contributed by atoms with Gasteiger partial charge in [-0.25, -0.2) is 0 Å². The van der Waals surface area contributed by atoms with Gasteiger partial charge >= 0.3 is 0 Å². The van der Waals surface area contributed by atoms with Crippen molar-refractivity contribution in [2.75, 3.05) is 24.6 Å². The normalized spacial score (nSPS) is 35.2. The molecule has 2 heterocycles. The molecule has 2 aliphatic heterocycles. The summed E-state index contributed by atoms with van der Waals surface area (Å²) in [5.41, 5.74) is 3.41. The van der Waals surface area contributed by atoms with Crippen LogP contribution in [0.2, 0.25) is 0 Å². The van der Waals surface area contributed by atoms with Crippen LogP contribution in [0.3, 0.4) is 0 Å². The molecule has 0 nitrogen and oxygen atoms in total. The van der Waals surface area contributed by atoms with E-state index in [2.05, 4.69) is 26.0 Å². The topological polar surface area (TPSA) is 0 Å². The summed E-state index contributed by atoms with van der Waals surface area (Å²) in [4.78, 5) is 0. The van der Waals surface area contributed by atoms with Crippen LogP contribution in [-0.2, 0) is 0 Å². The van der Waals surface area contributed by atoms with Crippen LogP contribution in [0, 0.1) is 0 Å². The third-order valence-electron chi connectivity index (χ3n) is 2.77. The van der Waals surface area contributed by atoms with Crippen LogP contribution in [0.5, 0.6) is 0 Å². The maximum absolute atomic E-state index is 2.42. The largest absolute Gasteiger partial charge is 0.0835 e. The smallest absolute Gasteiger partial charge is 0.00727 e. The van der Waals surface area contributed by atoms with Gasteiger partial charge in [0.25, 0.3) is 0 Å². The lowest BCUT2D eigenvalue weighted by molar-refractivity contribution is 1.22. The average molecular weight is 198 g/mol. The first-order valence-corrected chi connectivity index (χ1v) is 8.70. The van der Waals surface area contributed by atoms with Crippen molar-refractivity contribution in [2.24, 2.45) is 0 Å². The first-order valence-electron chi connectivity index (χ1n) is 4.57. The fourth-order valence-corrected chi connectivity index (χ4v) is 9.73. The number of rotatable bonds is 0. The molecular weight excluding hydrogens is 182 g/mol. The van der Waals surface area contributed by atoms with Crippen LogP contribution < -0.4 is 0 Å². The van der Waals surface area contributed by atoms with Gasteiger partial charge in [0.15, 0.2) is 0 Å². The molecule has 0 bridgehead atoms. The zero-order valence-electron chi connectivity index (χ0n) is 7.88. The molecule has 0 aromatic heterocycles. The maximum Gasteiger partial charge on any atom is -0.00727 e. The Kier molecular flexibility index (Phi) is 2.68. The molecule has 2 atom stereocenters. The van der Waals surface area contributed by atoms with Gasteiger partial charge < -0.3 is 0 Å². The van der Waals surface area contributed by atoms with Gasteiger partial charge in [0.05, 0.1) is 0 Å². The summed E-state index contributed by atoms with van der Waals surface area (Å²) in [6, 6.07) is 0. The van der Waals surface area contributed by atoms with Crippen molar-refractivity contribution in [3.05, 3.63) is 23.3 Å². The highest BCUT2D eigenvalue weighted by Crippen LogP contribution is 2.73. The Bertz CT molecular complexity index is 216. The highest BCUT2D eigenvalue weighted by molar-refractivity contribution is 8.30. The van der Waals surface area contributed by atoms with Crippen molar-refractivity contribution < 1.29 is 0 Å². The third kappa shape index (κ3) is 1.66. The van der Waals surface area contributed by atoms with E-state index in [-0.39, 0.29) is 0 Å². The van der Waals surface area contributed by atoms with Crippen molar-refractivity contribution in [3.8, 4) is 0 Å². The molecule has 0 fully saturated rings. The molecule has 0 N–H and O–H groups in total. The summed E-state index contributed by atoms with van der Waals surface area (Å²) in [5.74, 6) is 0. The van der Waals surface area contributed by atoms with Gasteiger partial charge in [-0.2, -0.15) is 0 Å². The quantitative estimate of drug-likeness (QED) is 0.410. The predicted octanol–water partition coefficient (Wildman–Crippen LogP) is 3.79. The standard InChI is InChI=1S/C10H16P2/c1-9-7-11-5-3-4-6-12(11)8-10(9)2/h3-4H,5-8H2,1-2H3. The van der Waals surface area contributed by atoms with Crippen LogP contribution in [0.1, 0.15) is 13.8 Å². The molecule has 2 unspecified atom stereocenters. The minimum Gasteiger partial charge on any atom is -0.0835 e. The van der Waals surface area contributed by atoms with Gasteiger partial charge in [0.2, 0.25) is 0 Å². The highest BCUT2D eigenvalue weighted by atomic mass is 32.1. The minimum absolute atomic E-state index is 0.408. The van der Waals surface area contributed by atoms with E-state index in [1.807, 2.05) is 0 Å². The molecule has 0 amide bonds. The van der Waals surface area contributed by atoms with E-state index in [0.29, 0.717) is 15.2 Å². The van der Waals surface area contributed by atoms with E-state index in [1.54, 1.807) is 11.1 Å². The van der Waals surface area contributed by atoms with Gasteiger partial charge in [-0.15, -0.1) is 0 Å². The predicted molar refractivity (Wildman–Crippen MR) is 60.8 cm³/mol. The van der Waals surface area contributed by atoms with Gasteiger partial charge in [-0.3, -0.25) is 0 Å². The van der Waals surface area contributed by atoms with E-state index >= 15 is 0 Å². The van der Waals surface area contributed by atoms with E-state index in [0.717, 1.165) is 0 Å². The lowest BCUT2D eigenvalue weighted by atomic mass is 10.2. The molecule has 2 aliphatic rings. The molecule has 0 spiro atoms. The number of fused-ring (bicyclic) bond motifs is 1. The molecule has 0 saturated heterocycles. The first kappa shape index (κ1) is 8.92. The molecule has 12 heavy (non-hydrogen) atoms. The second kappa shape index (κ2) is 3.60. The van der Waals surface area contributed by atoms with E-state index in [1.165, 1.54) is 24.6 Å². The molecule has 0 radical (unpaired) electrons. The maximum atomic E-state index is 2.42. The van der Waals surface area contributed by atoms with Crippen LogP contribution in [0.25, 0.3) is 0 Å². The summed E-state index contributed by atoms with van der Waals surface area (Å²) in [6.07, 6.45) is 10.6. The number of allylic oxidation sites excluding steroid dienone is 4. The fraction of sp³-hybridized carbons (Fsp3) is 0.600. The van der Waals surface area contributed by atoms with E-state index in [9.17, 15) is 0 Å². The Labute approximate surface area is 77.5 Å². The van der Waals surface area contributed by atoms with Gasteiger partial charge in [0, 0.05) is 0 Å². The van der Waals surface area contributed by atoms with Crippen molar-refractivity contribution in [1.82, 2.24) is 0 Å². The van der Waals surface area contributed by atoms with Gasteiger partial charge in [0.1, 0.15) is 0 Å². The molecular formula is C10H16P2. The van der Waals surface area contributed by atoms with Crippen LogP contribution >= 0.6 is 15.2 Å². The molecule has 0 aliphatic carbocycles. The molecule has 0 aromatic rings. The van der Waals surface area contributed by atoms with Crippen LogP contribution in [0.15, 0.2) is 23.3 Å². The zero-order valence-corrected chi connectivity index (χ0v) is 9.67. The monoisotopic (exact) mass is 198 g/mol. The first-order chi connectivity index (χ1) is 5.77. The Hall–Kier alpha value is 0.340. The summed E-state index contributed by atoms with van der Waals surface area (Å²) < 4.78 is 0. The van der Waals surface area contributed by atoms with Crippen molar-refractivity contribution in [2.45, 2.75) is 13.8 Å². The second-order valence-electron chi connectivity index (χ2n) is 3.73. The van der Waals surface area contributed by atoms with E-state index in [4.69, 9.17) is 0 Å². The summed E-state index contributed by atoms with van der Waals surface area (Å²) in [5, 5.41) is 0. The lowest BCUT2D eigenvalue weighted by Gasteiger charge is -2.35. The SMILES string of the molecule is CC1=C(C)CP2CC=CCP2C1. The Morgan fingerprint density at radius 1 is 0.917 bits per heavy atom. The molecule has 0 saturated carbocycles. The van der Waals surface area contributed by atoms with Crippen molar-refractivity contribution in [3.63, 3.8) is 0 Å². The Morgan fingerprint density at radius 3 is 1.75 bits per heavy atom. The molecule has 2 heteroatoms. The van der Waals surface area contributed by atoms with E-state index < -0.39 is 0 Å². The second-order valence-corrected chi connectivity index (χ2v) is 10.5.